The Balaban J connectivity index is 1.70. The number of nitrogens with zero attached hydrogens (tertiary/aromatic N) is 2. The van der Waals surface area contributed by atoms with Gasteiger partial charge in [-0.05, 0) is 31.2 Å². The largest absolute Gasteiger partial charge is 0.366 e. The standard InChI is InChI=1S/C16H16N4O3S/c1-9-7-18-16-20(15(9)23)12(8-24-16)6-13(21)19-11-4-2-10(3-5-11)14(17)22/h2-5,7,12H,6,8H2,1H3,(H2,17,22)(H,19,21)/t12-/m1/s1. The maximum atomic E-state index is 12.2. The number of thioether (sulfide) groups is 1. The van der Waals surface area contributed by atoms with Crippen molar-refractivity contribution in [3.8, 4) is 0 Å². The summed E-state index contributed by atoms with van der Waals surface area (Å²) in [5.74, 6) is -0.0805. The molecule has 3 rings (SSSR count). The van der Waals surface area contributed by atoms with Gasteiger partial charge in [0.1, 0.15) is 0 Å². The van der Waals surface area contributed by atoms with Crippen LogP contribution in [0.5, 0.6) is 0 Å². The van der Waals surface area contributed by atoms with Crippen molar-refractivity contribution >= 4 is 29.3 Å². The van der Waals surface area contributed by atoms with Gasteiger partial charge in [0.05, 0.1) is 6.04 Å². The molecular weight excluding hydrogens is 328 g/mol. The van der Waals surface area contributed by atoms with E-state index in [1.807, 2.05) is 0 Å². The van der Waals surface area contributed by atoms with Crippen molar-refractivity contribution in [3.05, 3.63) is 51.9 Å². The van der Waals surface area contributed by atoms with E-state index in [0.29, 0.717) is 27.7 Å². The number of carbonyl (C=O) groups excluding carboxylic acids is 2. The van der Waals surface area contributed by atoms with E-state index in [4.69, 9.17) is 5.73 Å². The van der Waals surface area contributed by atoms with Gasteiger partial charge in [-0.3, -0.25) is 19.0 Å². The molecule has 2 aromatic rings. The minimum atomic E-state index is -0.519. The van der Waals surface area contributed by atoms with Crippen LogP contribution in [-0.2, 0) is 4.79 Å². The lowest BCUT2D eigenvalue weighted by Gasteiger charge is -2.13. The summed E-state index contributed by atoms with van der Waals surface area (Å²) in [7, 11) is 0. The van der Waals surface area contributed by atoms with Gasteiger partial charge in [0.2, 0.25) is 11.8 Å². The van der Waals surface area contributed by atoms with E-state index in [0.717, 1.165) is 0 Å². The maximum Gasteiger partial charge on any atom is 0.257 e. The average molecular weight is 344 g/mol. The molecule has 0 unspecified atom stereocenters. The molecule has 1 aliphatic heterocycles. The molecule has 0 aliphatic carbocycles. The molecule has 124 valence electrons. The number of primary amides is 1. The zero-order valence-corrected chi connectivity index (χ0v) is 13.8. The lowest BCUT2D eigenvalue weighted by molar-refractivity contribution is -0.116. The normalized spacial score (nSPS) is 15.8. The Kier molecular flexibility index (Phi) is 4.39. The highest BCUT2D eigenvalue weighted by molar-refractivity contribution is 7.99. The lowest BCUT2D eigenvalue weighted by atomic mass is 10.2. The van der Waals surface area contributed by atoms with Crippen LogP contribution in [0.3, 0.4) is 0 Å². The Labute approximate surface area is 142 Å². The molecule has 0 bridgehead atoms. The van der Waals surface area contributed by atoms with Crippen molar-refractivity contribution in [2.75, 3.05) is 11.1 Å². The van der Waals surface area contributed by atoms with Crippen LogP contribution in [0, 0.1) is 6.92 Å². The highest BCUT2D eigenvalue weighted by Crippen LogP contribution is 2.32. The molecule has 1 aromatic carbocycles. The number of aryl methyl sites for hydroxylation is 1. The topological polar surface area (TPSA) is 107 Å². The number of benzene rings is 1. The van der Waals surface area contributed by atoms with Gasteiger partial charge in [-0.1, -0.05) is 11.8 Å². The second-order valence-corrected chi connectivity index (χ2v) is 6.54. The summed E-state index contributed by atoms with van der Waals surface area (Å²) in [5, 5.41) is 3.41. The predicted molar refractivity (Wildman–Crippen MR) is 91.2 cm³/mol. The van der Waals surface area contributed by atoms with E-state index >= 15 is 0 Å². The molecule has 1 aliphatic rings. The molecule has 0 fully saturated rings. The summed E-state index contributed by atoms with van der Waals surface area (Å²) >= 11 is 1.47. The molecule has 7 nitrogen and oxygen atoms in total. The third kappa shape index (κ3) is 3.18. The minimum absolute atomic E-state index is 0.103. The molecular formula is C16H16N4O3S. The lowest BCUT2D eigenvalue weighted by Crippen LogP contribution is -2.28. The molecule has 0 saturated carbocycles. The number of fused-ring (bicyclic) bond motifs is 1. The second-order valence-electron chi connectivity index (χ2n) is 5.56. The van der Waals surface area contributed by atoms with Gasteiger partial charge in [0.15, 0.2) is 5.16 Å². The van der Waals surface area contributed by atoms with E-state index in [1.54, 1.807) is 42.0 Å². The van der Waals surface area contributed by atoms with Crippen LogP contribution in [-0.4, -0.2) is 27.1 Å². The summed E-state index contributed by atoms with van der Waals surface area (Å²) in [4.78, 5) is 39.8. The fraction of sp³-hybridized carbons (Fsp3) is 0.250. The summed E-state index contributed by atoms with van der Waals surface area (Å²) in [6.45, 7) is 1.71. The van der Waals surface area contributed by atoms with Crippen molar-refractivity contribution in [1.82, 2.24) is 9.55 Å². The van der Waals surface area contributed by atoms with Crippen LogP contribution < -0.4 is 16.6 Å². The van der Waals surface area contributed by atoms with Crippen molar-refractivity contribution in [3.63, 3.8) is 0 Å². The van der Waals surface area contributed by atoms with Crippen LogP contribution >= 0.6 is 11.8 Å². The Morgan fingerprint density at radius 2 is 2.08 bits per heavy atom. The number of carbonyl (C=O) groups is 2. The first-order valence-electron chi connectivity index (χ1n) is 7.36. The Morgan fingerprint density at radius 1 is 1.38 bits per heavy atom. The van der Waals surface area contributed by atoms with Gasteiger partial charge < -0.3 is 11.1 Å². The third-order valence-corrected chi connectivity index (χ3v) is 4.89. The van der Waals surface area contributed by atoms with Crippen molar-refractivity contribution in [2.45, 2.75) is 24.5 Å². The molecule has 1 atom stereocenters. The molecule has 0 radical (unpaired) electrons. The van der Waals surface area contributed by atoms with Gasteiger partial charge >= 0.3 is 0 Å². The average Bonchev–Trinajstić information content (AvgIpc) is 2.95. The second kappa shape index (κ2) is 6.48. The minimum Gasteiger partial charge on any atom is -0.366 e. The fourth-order valence-corrected chi connectivity index (χ4v) is 3.62. The van der Waals surface area contributed by atoms with Gasteiger partial charge in [0, 0.05) is 35.2 Å². The van der Waals surface area contributed by atoms with E-state index in [-0.39, 0.29) is 23.9 Å². The summed E-state index contributed by atoms with van der Waals surface area (Å²) in [6, 6.07) is 6.13. The smallest absolute Gasteiger partial charge is 0.257 e. The monoisotopic (exact) mass is 344 g/mol. The molecule has 0 spiro atoms. The molecule has 24 heavy (non-hydrogen) atoms. The highest BCUT2D eigenvalue weighted by Gasteiger charge is 2.27. The number of hydrogen-bond donors (Lipinski definition) is 2. The van der Waals surface area contributed by atoms with Crippen LogP contribution in [0.2, 0.25) is 0 Å². The van der Waals surface area contributed by atoms with E-state index in [1.165, 1.54) is 11.8 Å². The Bertz CT molecular complexity index is 861. The Morgan fingerprint density at radius 3 is 2.75 bits per heavy atom. The third-order valence-electron chi connectivity index (χ3n) is 3.78. The van der Waals surface area contributed by atoms with Crippen molar-refractivity contribution in [2.24, 2.45) is 5.73 Å². The first kappa shape index (κ1) is 16.3. The van der Waals surface area contributed by atoms with Crippen LogP contribution in [0.4, 0.5) is 5.69 Å². The fourth-order valence-electron chi connectivity index (χ4n) is 2.51. The number of anilines is 1. The van der Waals surface area contributed by atoms with Gasteiger partial charge in [-0.25, -0.2) is 4.98 Å². The first-order chi connectivity index (χ1) is 11.5. The molecule has 0 saturated heterocycles. The van der Waals surface area contributed by atoms with Gasteiger partial charge in [0.25, 0.3) is 5.56 Å². The van der Waals surface area contributed by atoms with E-state index in [2.05, 4.69) is 10.3 Å². The van der Waals surface area contributed by atoms with Gasteiger partial charge in [-0.2, -0.15) is 0 Å². The van der Waals surface area contributed by atoms with Crippen LogP contribution in [0.25, 0.3) is 0 Å². The number of rotatable bonds is 4. The maximum absolute atomic E-state index is 12.2. The molecule has 3 N–H and O–H groups in total. The van der Waals surface area contributed by atoms with Crippen molar-refractivity contribution in [1.29, 1.82) is 0 Å². The summed E-state index contributed by atoms with van der Waals surface area (Å²) in [5.41, 5.74) is 6.59. The number of nitrogens with two attached hydrogens (primary N) is 1. The SMILES string of the molecule is Cc1cnc2n(c1=O)[C@H](CC(=O)Nc1ccc(C(N)=O)cc1)CS2. The predicted octanol–water partition coefficient (Wildman–Crippen LogP) is 1.33. The highest BCUT2D eigenvalue weighted by atomic mass is 32.2. The number of amides is 2. The number of nitrogens with one attached hydrogen (secondary N) is 1. The Hall–Kier alpha value is -2.61. The molecule has 2 heterocycles. The molecule has 8 heteroatoms. The zero-order valence-electron chi connectivity index (χ0n) is 13.0. The number of hydrogen-bond acceptors (Lipinski definition) is 5. The summed E-state index contributed by atoms with van der Waals surface area (Å²) in [6.07, 6.45) is 1.74. The van der Waals surface area contributed by atoms with Crippen molar-refractivity contribution < 1.29 is 9.59 Å². The van der Waals surface area contributed by atoms with E-state index in [9.17, 15) is 14.4 Å². The van der Waals surface area contributed by atoms with Crippen LogP contribution in [0.15, 0.2) is 40.4 Å². The summed E-state index contributed by atoms with van der Waals surface area (Å²) < 4.78 is 1.59. The van der Waals surface area contributed by atoms with Crippen LogP contribution in [0.1, 0.15) is 28.4 Å². The zero-order chi connectivity index (χ0) is 17.3. The molecule has 2 amide bonds. The number of aromatic nitrogens is 2. The van der Waals surface area contributed by atoms with Gasteiger partial charge in [-0.15, -0.1) is 0 Å². The quantitative estimate of drug-likeness (QED) is 0.814. The van der Waals surface area contributed by atoms with E-state index < -0.39 is 5.91 Å². The first-order valence-corrected chi connectivity index (χ1v) is 8.35. The molecule has 1 aromatic heterocycles.